The summed E-state index contributed by atoms with van der Waals surface area (Å²) in [5.41, 5.74) is 0.987. The maximum Gasteiger partial charge on any atom is 0.265 e. The zero-order chi connectivity index (χ0) is 53.6. The summed E-state index contributed by atoms with van der Waals surface area (Å²) in [6, 6.07) is 20.4. The van der Waals surface area contributed by atoms with E-state index in [0.717, 1.165) is 11.1 Å². The molecule has 396 valence electrons. The van der Waals surface area contributed by atoms with E-state index in [1.54, 1.807) is 70.5 Å². The van der Waals surface area contributed by atoms with Gasteiger partial charge in [-0.25, -0.2) is 14.4 Å². The summed E-state index contributed by atoms with van der Waals surface area (Å²) in [5, 5.41) is 7.72. The Morgan fingerprint density at radius 3 is 1.48 bits per heavy atom. The number of pyridine rings is 4. The summed E-state index contributed by atoms with van der Waals surface area (Å²) in [7, 11) is 0. The number of nitrogens with one attached hydrogen (secondary N) is 2. The van der Waals surface area contributed by atoms with Crippen molar-refractivity contribution in [3.63, 3.8) is 0 Å². The Balaban J connectivity index is 0.000000201. The molecule has 0 spiro atoms. The fourth-order valence-electron chi connectivity index (χ4n) is 9.26. The van der Waals surface area contributed by atoms with Crippen LogP contribution >= 0.6 is 34.8 Å². The summed E-state index contributed by atoms with van der Waals surface area (Å²) in [6.45, 7) is 13.0. The molecule has 3 aliphatic heterocycles. The average Bonchev–Trinajstić information content (AvgIpc) is 3.79. The summed E-state index contributed by atoms with van der Waals surface area (Å²) in [4.78, 5) is 93.2. The maximum absolute atomic E-state index is 13.5. The van der Waals surface area contributed by atoms with Crippen LogP contribution in [0.1, 0.15) is 66.0 Å². The Morgan fingerprint density at radius 2 is 1.09 bits per heavy atom. The van der Waals surface area contributed by atoms with Gasteiger partial charge in [-0.3, -0.25) is 42.8 Å². The van der Waals surface area contributed by atoms with E-state index in [9.17, 15) is 33.2 Å². The first-order valence-electron chi connectivity index (χ1n) is 24.6. The van der Waals surface area contributed by atoms with Crippen LogP contribution in [0.5, 0.6) is 11.5 Å². The minimum absolute atomic E-state index is 0.0385. The van der Waals surface area contributed by atoms with Gasteiger partial charge >= 0.3 is 0 Å². The molecular formula is C54H59Cl3FN9O8. The molecule has 4 aromatic heterocycles. The number of carbonyl (C=O) groups is 4. The molecule has 0 bridgehead atoms. The number of rotatable bonds is 17. The lowest BCUT2D eigenvalue weighted by Crippen LogP contribution is -2.56. The Hall–Kier alpha value is -6.60. The number of hydrogen-bond donors (Lipinski definition) is 2. The van der Waals surface area contributed by atoms with Gasteiger partial charge in [0.2, 0.25) is 11.8 Å². The lowest BCUT2D eigenvalue weighted by atomic mass is 9.84. The highest BCUT2D eigenvalue weighted by Gasteiger charge is 2.38. The molecule has 9 rings (SSSR count). The molecule has 0 saturated carbocycles. The van der Waals surface area contributed by atoms with Crippen molar-refractivity contribution >= 4 is 80.5 Å². The quantitative estimate of drug-likeness (QED) is 0.0921. The first-order valence-corrected chi connectivity index (χ1v) is 25.9. The fraction of sp³-hybridized carbons (Fsp3) is 0.407. The largest absolute Gasteiger partial charge is 0.491 e. The topological polar surface area (TPSA) is 190 Å². The number of nitrogens with zero attached hydrogens (tertiary/aromatic N) is 7. The molecule has 1 atom stereocenters. The van der Waals surface area contributed by atoms with Gasteiger partial charge in [-0.05, 0) is 76.9 Å². The third-order valence-electron chi connectivity index (χ3n) is 13.0. The molecule has 7 heterocycles. The van der Waals surface area contributed by atoms with Crippen molar-refractivity contribution in [2.24, 2.45) is 10.8 Å². The van der Waals surface area contributed by atoms with Crippen molar-refractivity contribution in [1.29, 1.82) is 0 Å². The third kappa shape index (κ3) is 13.8. The maximum atomic E-state index is 13.5. The van der Waals surface area contributed by atoms with Crippen LogP contribution in [0.15, 0.2) is 94.8 Å². The Morgan fingerprint density at radius 1 is 0.667 bits per heavy atom. The number of halogens is 4. The van der Waals surface area contributed by atoms with E-state index >= 15 is 0 Å². The van der Waals surface area contributed by atoms with E-state index in [1.807, 2.05) is 4.90 Å². The molecule has 3 aliphatic rings. The molecule has 2 aromatic carbocycles. The number of likely N-dealkylation sites (tertiary alicyclic amines) is 3. The van der Waals surface area contributed by atoms with E-state index in [0.29, 0.717) is 108 Å². The smallest absolute Gasteiger partial charge is 0.265 e. The van der Waals surface area contributed by atoms with Crippen LogP contribution in [0.2, 0.25) is 10.0 Å². The predicted octanol–water partition coefficient (Wildman–Crippen LogP) is 6.74. The van der Waals surface area contributed by atoms with Crippen molar-refractivity contribution in [2.45, 2.75) is 66.5 Å². The lowest BCUT2D eigenvalue weighted by Gasteiger charge is -2.45. The summed E-state index contributed by atoms with van der Waals surface area (Å²) < 4.78 is 27.4. The van der Waals surface area contributed by atoms with Crippen molar-refractivity contribution in [3.8, 4) is 11.5 Å². The number of aromatic nitrogens is 4. The highest BCUT2D eigenvalue weighted by atomic mass is 35.5. The van der Waals surface area contributed by atoms with E-state index in [1.165, 1.54) is 33.7 Å². The van der Waals surface area contributed by atoms with Crippen molar-refractivity contribution in [3.05, 3.63) is 138 Å². The van der Waals surface area contributed by atoms with E-state index in [4.69, 9.17) is 44.3 Å². The van der Waals surface area contributed by atoms with Gasteiger partial charge < -0.3 is 29.9 Å². The van der Waals surface area contributed by atoms with Gasteiger partial charge in [-0.15, -0.1) is 11.6 Å². The average molecular weight is 1090 g/mol. The van der Waals surface area contributed by atoms with E-state index in [2.05, 4.69) is 48.3 Å². The molecule has 2 N–H and O–H groups in total. The normalized spacial score (nSPS) is 16.6. The number of hydrogen-bond acceptors (Lipinski definition) is 11. The summed E-state index contributed by atoms with van der Waals surface area (Å²) >= 11 is 17.6. The summed E-state index contributed by atoms with van der Waals surface area (Å²) in [6.07, 6.45) is 2.71. The molecule has 17 nitrogen and oxygen atoms in total. The number of benzene rings is 2. The second-order valence-corrected chi connectivity index (χ2v) is 21.8. The molecular weight excluding hydrogens is 1030 g/mol. The van der Waals surface area contributed by atoms with Gasteiger partial charge in [0, 0.05) is 79.7 Å². The van der Waals surface area contributed by atoms with Crippen LogP contribution in [0.25, 0.3) is 22.1 Å². The van der Waals surface area contributed by atoms with E-state index < -0.39 is 29.1 Å². The first kappa shape index (κ1) is 54.7. The van der Waals surface area contributed by atoms with Crippen LogP contribution in [0, 0.1) is 10.8 Å². The van der Waals surface area contributed by atoms with Gasteiger partial charge in [-0.1, -0.05) is 75.2 Å². The highest BCUT2D eigenvalue weighted by Crippen LogP contribution is 2.30. The molecule has 75 heavy (non-hydrogen) atoms. The number of carbonyl (C=O) groups excluding carboxylic acids is 4. The van der Waals surface area contributed by atoms with Crippen molar-refractivity contribution in [1.82, 2.24) is 44.4 Å². The van der Waals surface area contributed by atoms with Crippen molar-refractivity contribution in [2.75, 3.05) is 64.9 Å². The standard InChI is InChI=1S/C29H33ClFN5O4.C25H26Cl2N4O4/c1-29(2)17-35(18-29)25(37)16-36-26-20(11-23(14-32-26)40-10-9-34-8-7-22(31)15-34)12-24(28(36)39)27(38)33-13-19-3-5-21(30)6-4-19;1-25(2)14-30(15-25)21(32)13-31-22-17(9-19(12-28-22)35-8-7-26)10-20(24(31)34)23(33)29-11-16-3-5-18(27)6-4-16/h3-6,11-12,14,22H,7-10,13,15-18H2,1-2H3,(H,33,38);3-6,9-10,12H,7-8,11,13-15H2,1-2H3,(H,29,33)/t22-;/m0./s1. The fourth-order valence-corrected chi connectivity index (χ4v) is 9.59. The van der Waals surface area contributed by atoms with Crippen LogP contribution in [-0.4, -0.2) is 129 Å². The lowest BCUT2D eigenvalue weighted by molar-refractivity contribution is -0.142. The molecule has 0 aliphatic carbocycles. The van der Waals surface area contributed by atoms with E-state index in [-0.39, 0.29) is 66.6 Å². The van der Waals surface area contributed by atoms with Crippen LogP contribution < -0.4 is 31.2 Å². The van der Waals surface area contributed by atoms with Crippen LogP contribution in [-0.2, 0) is 35.8 Å². The molecule has 21 heteroatoms. The number of ether oxygens (including phenoxy) is 2. The van der Waals surface area contributed by atoms with Crippen LogP contribution in [0.4, 0.5) is 4.39 Å². The Kier molecular flexibility index (Phi) is 17.1. The van der Waals surface area contributed by atoms with Gasteiger partial charge in [0.05, 0.1) is 18.3 Å². The highest BCUT2D eigenvalue weighted by molar-refractivity contribution is 6.30. The van der Waals surface area contributed by atoms with Crippen LogP contribution in [0.3, 0.4) is 0 Å². The molecule has 0 unspecified atom stereocenters. The monoisotopic (exact) mass is 1090 g/mol. The molecule has 0 radical (unpaired) electrons. The van der Waals surface area contributed by atoms with Gasteiger partial charge in [-0.2, -0.15) is 0 Å². The molecule has 6 aromatic rings. The Bertz CT molecular complexity index is 3210. The number of alkyl halides is 2. The van der Waals surface area contributed by atoms with Gasteiger partial charge in [0.25, 0.3) is 22.9 Å². The van der Waals surface area contributed by atoms with Gasteiger partial charge in [0.15, 0.2) is 0 Å². The number of fused-ring (bicyclic) bond motifs is 2. The molecule has 4 amide bonds. The second-order valence-electron chi connectivity index (χ2n) is 20.6. The zero-order valence-electron chi connectivity index (χ0n) is 42.2. The SMILES string of the molecule is CC1(C)CN(C(=O)Cn2c(=O)c(C(=O)NCc3ccc(Cl)cc3)cc3cc(OCCCl)cnc32)C1.CC1(C)CN(C(=O)Cn2c(=O)c(C(=O)NCc3ccc(Cl)cc3)cc3cc(OCCN4CC[C@H](F)C4)cnc32)C1. The molecule has 3 saturated heterocycles. The third-order valence-corrected chi connectivity index (χ3v) is 13.7. The second kappa shape index (κ2) is 23.5. The van der Waals surface area contributed by atoms with Crippen molar-refractivity contribution < 1.29 is 33.0 Å². The van der Waals surface area contributed by atoms with Gasteiger partial charge in [0.1, 0.15) is 66.4 Å². The predicted molar refractivity (Wildman–Crippen MR) is 286 cm³/mol. The number of amides is 4. The Labute approximate surface area is 447 Å². The minimum atomic E-state index is -0.798. The minimum Gasteiger partial charge on any atom is -0.491 e. The first-order chi connectivity index (χ1) is 35.7. The summed E-state index contributed by atoms with van der Waals surface area (Å²) in [5.74, 6) is -0.310. The molecule has 3 fully saturated rings. The zero-order valence-corrected chi connectivity index (χ0v) is 44.4.